The van der Waals surface area contributed by atoms with Crippen LogP contribution in [0.4, 0.5) is 0 Å². The molecule has 32 heavy (non-hydrogen) atoms. The van der Waals surface area contributed by atoms with Crippen LogP contribution in [0.15, 0.2) is 71.1 Å². The average molecular weight is 431 g/mol. The van der Waals surface area contributed by atoms with Gasteiger partial charge in [0.25, 0.3) is 5.91 Å². The topological polar surface area (TPSA) is 80.7 Å². The number of carbonyl (C=O) groups is 1. The Balaban J connectivity index is 1.35. The average Bonchev–Trinajstić information content (AvgIpc) is 3.57. The Morgan fingerprint density at radius 2 is 1.91 bits per heavy atom. The lowest BCUT2D eigenvalue weighted by Gasteiger charge is -2.21. The third kappa shape index (κ3) is 3.99. The Morgan fingerprint density at radius 3 is 2.75 bits per heavy atom. The van der Waals surface area contributed by atoms with Gasteiger partial charge >= 0.3 is 0 Å². The molecule has 1 atom stereocenters. The van der Waals surface area contributed by atoms with Crippen LogP contribution in [-0.4, -0.2) is 44.9 Å². The molecule has 7 heteroatoms. The van der Waals surface area contributed by atoms with Crippen molar-refractivity contribution in [2.24, 2.45) is 0 Å². The number of carbonyl (C=O) groups excluding carboxylic acids is 1. The van der Waals surface area contributed by atoms with Crippen molar-refractivity contribution in [3.8, 4) is 5.88 Å². The highest BCUT2D eigenvalue weighted by atomic mass is 16.5. The van der Waals surface area contributed by atoms with Crippen LogP contribution in [0.1, 0.15) is 34.7 Å². The quantitative estimate of drug-likeness (QED) is 0.481. The highest BCUT2D eigenvalue weighted by Crippen LogP contribution is 2.27. The number of benzene rings is 2. The van der Waals surface area contributed by atoms with E-state index in [9.17, 15) is 9.90 Å². The van der Waals surface area contributed by atoms with Crippen LogP contribution in [-0.2, 0) is 13.2 Å². The van der Waals surface area contributed by atoms with Crippen LogP contribution >= 0.6 is 0 Å². The largest absolute Gasteiger partial charge is 0.471 e. The summed E-state index contributed by atoms with van der Waals surface area (Å²) in [4.78, 5) is 14.5. The van der Waals surface area contributed by atoms with Crippen LogP contribution in [0.5, 0.6) is 5.88 Å². The number of ether oxygens (including phenoxy) is 1. The van der Waals surface area contributed by atoms with Gasteiger partial charge in [0.05, 0.1) is 30.1 Å². The van der Waals surface area contributed by atoms with E-state index >= 15 is 0 Å². The Labute approximate surface area is 185 Å². The minimum atomic E-state index is -0.176. The van der Waals surface area contributed by atoms with Crippen LogP contribution in [0.2, 0.25) is 0 Å². The van der Waals surface area contributed by atoms with Crippen LogP contribution < -0.4 is 4.74 Å². The fourth-order valence-electron chi connectivity index (χ4n) is 4.21. The number of furan rings is 1. The van der Waals surface area contributed by atoms with E-state index in [1.54, 1.807) is 17.0 Å². The van der Waals surface area contributed by atoms with Gasteiger partial charge in [0.15, 0.2) is 5.76 Å². The lowest BCUT2D eigenvalue weighted by Crippen LogP contribution is -2.37. The van der Waals surface area contributed by atoms with E-state index in [4.69, 9.17) is 9.15 Å². The minimum absolute atomic E-state index is 0.0235. The molecule has 164 valence electrons. The Bertz CT molecular complexity index is 1210. The number of likely N-dealkylation sites (tertiary alicyclic amines) is 1. The maximum absolute atomic E-state index is 12.8. The van der Waals surface area contributed by atoms with E-state index in [1.165, 1.54) is 0 Å². The summed E-state index contributed by atoms with van der Waals surface area (Å²) < 4.78 is 13.7. The summed E-state index contributed by atoms with van der Waals surface area (Å²) in [7, 11) is 0. The van der Waals surface area contributed by atoms with Crippen molar-refractivity contribution >= 4 is 16.8 Å². The molecule has 0 saturated carbocycles. The van der Waals surface area contributed by atoms with Gasteiger partial charge in [-0.15, -0.1) is 5.10 Å². The summed E-state index contributed by atoms with van der Waals surface area (Å²) >= 11 is 0. The zero-order valence-electron chi connectivity index (χ0n) is 17.7. The van der Waals surface area contributed by atoms with Crippen molar-refractivity contribution in [1.82, 2.24) is 14.7 Å². The fraction of sp³-hybridized carbons (Fsp3) is 0.280. The van der Waals surface area contributed by atoms with Crippen molar-refractivity contribution in [3.63, 3.8) is 0 Å². The number of hydrogen-bond acceptors (Lipinski definition) is 5. The molecule has 1 aliphatic rings. The van der Waals surface area contributed by atoms with Crippen molar-refractivity contribution in [1.29, 1.82) is 0 Å². The summed E-state index contributed by atoms with van der Waals surface area (Å²) in [5, 5.41) is 15.1. The standard InChI is InChI=1S/C25H25N3O4/c29-16-19-9-6-14-27(19)25(30)23-13-12-20(32-23)15-28-22-11-5-4-10-21(22)24(26-28)31-17-18-7-2-1-3-8-18/h1-5,7-8,10-13,19,29H,6,9,14-17H2. The molecule has 1 saturated heterocycles. The zero-order valence-corrected chi connectivity index (χ0v) is 17.7. The lowest BCUT2D eigenvalue weighted by molar-refractivity contribution is 0.0644. The highest BCUT2D eigenvalue weighted by molar-refractivity contribution is 5.92. The molecule has 2 aromatic carbocycles. The predicted molar refractivity (Wildman–Crippen MR) is 119 cm³/mol. The third-order valence-corrected chi connectivity index (χ3v) is 5.87. The van der Waals surface area contributed by atoms with Crippen molar-refractivity contribution < 1.29 is 19.1 Å². The summed E-state index contributed by atoms with van der Waals surface area (Å²) in [6, 6.07) is 21.2. The van der Waals surface area contributed by atoms with Gasteiger partial charge in [-0.2, -0.15) is 0 Å². The molecule has 0 spiro atoms. The molecule has 0 radical (unpaired) electrons. The van der Waals surface area contributed by atoms with Crippen molar-refractivity contribution in [3.05, 3.63) is 83.8 Å². The molecule has 0 aliphatic carbocycles. The molecular formula is C25H25N3O4. The van der Waals surface area contributed by atoms with Gasteiger partial charge < -0.3 is 19.2 Å². The summed E-state index contributed by atoms with van der Waals surface area (Å²) in [6.07, 6.45) is 1.72. The lowest BCUT2D eigenvalue weighted by atomic mass is 10.2. The molecule has 0 bridgehead atoms. The Kier molecular flexibility index (Phi) is 5.64. The first kappa shape index (κ1) is 20.3. The first-order valence-corrected chi connectivity index (χ1v) is 10.9. The molecule has 1 unspecified atom stereocenters. The first-order chi connectivity index (χ1) is 15.7. The van der Waals surface area contributed by atoms with Gasteiger partial charge in [-0.3, -0.25) is 9.48 Å². The van der Waals surface area contributed by atoms with Gasteiger partial charge in [-0.1, -0.05) is 42.5 Å². The minimum Gasteiger partial charge on any atom is -0.471 e. The van der Waals surface area contributed by atoms with Gasteiger partial charge in [0.2, 0.25) is 5.88 Å². The van der Waals surface area contributed by atoms with Crippen LogP contribution in [0, 0.1) is 0 Å². The molecule has 3 heterocycles. The molecular weight excluding hydrogens is 406 g/mol. The molecule has 4 aromatic rings. The second-order valence-corrected chi connectivity index (χ2v) is 8.00. The van der Waals surface area contributed by atoms with E-state index in [2.05, 4.69) is 5.10 Å². The number of fused-ring (bicyclic) bond motifs is 1. The monoisotopic (exact) mass is 431 g/mol. The Morgan fingerprint density at radius 1 is 1.09 bits per heavy atom. The molecule has 2 aromatic heterocycles. The molecule has 7 nitrogen and oxygen atoms in total. The zero-order chi connectivity index (χ0) is 21.9. The normalized spacial score (nSPS) is 16.0. The second kappa shape index (κ2) is 8.88. The highest BCUT2D eigenvalue weighted by Gasteiger charge is 2.30. The third-order valence-electron chi connectivity index (χ3n) is 5.87. The second-order valence-electron chi connectivity index (χ2n) is 8.00. The maximum atomic E-state index is 12.8. The van der Waals surface area contributed by atoms with E-state index in [0.717, 1.165) is 29.3 Å². The van der Waals surface area contributed by atoms with E-state index in [1.807, 2.05) is 59.3 Å². The number of aromatic nitrogens is 2. The fourth-order valence-corrected chi connectivity index (χ4v) is 4.21. The van der Waals surface area contributed by atoms with Gasteiger partial charge in [0, 0.05) is 6.54 Å². The van der Waals surface area contributed by atoms with E-state index < -0.39 is 0 Å². The number of para-hydroxylation sites is 1. The Hall–Kier alpha value is -3.58. The number of aliphatic hydroxyl groups is 1. The summed E-state index contributed by atoms with van der Waals surface area (Å²) in [6.45, 7) is 1.44. The molecule has 1 amide bonds. The van der Waals surface area contributed by atoms with Crippen molar-refractivity contribution in [2.75, 3.05) is 13.2 Å². The summed E-state index contributed by atoms with van der Waals surface area (Å²) in [5.41, 5.74) is 2.00. The SMILES string of the molecule is O=C(c1ccc(Cn2nc(OCc3ccccc3)c3ccccc32)o1)N1CCCC1CO. The molecule has 1 aliphatic heterocycles. The number of amides is 1. The van der Waals surface area contributed by atoms with E-state index in [0.29, 0.717) is 31.3 Å². The first-order valence-electron chi connectivity index (χ1n) is 10.9. The number of aliphatic hydroxyl groups excluding tert-OH is 1. The van der Waals surface area contributed by atoms with Crippen LogP contribution in [0.25, 0.3) is 10.9 Å². The van der Waals surface area contributed by atoms with Gasteiger partial charge in [0.1, 0.15) is 12.4 Å². The molecule has 1 N–H and O–H groups in total. The molecule has 5 rings (SSSR count). The van der Waals surface area contributed by atoms with Crippen LogP contribution in [0.3, 0.4) is 0 Å². The summed E-state index contributed by atoms with van der Waals surface area (Å²) in [5.74, 6) is 1.31. The maximum Gasteiger partial charge on any atom is 0.289 e. The van der Waals surface area contributed by atoms with Gasteiger partial charge in [-0.25, -0.2) is 0 Å². The predicted octanol–water partition coefficient (Wildman–Crippen LogP) is 3.85. The van der Waals surface area contributed by atoms with E-state index in [-0.39, 0.29) is 24.3 Å². The number of nitrogens with zero attached hydrogens (tertiary/aromatic N) is 3. The number of hydrogen-bond donors (Lipinski definition) is 1. The molecule has 1 fully saturated rings. The smallest absolute Gasteiger partial charge is 0.289 e. The van der Waals surface area contributed by atoms with Gasteiger partial charge in [-0.05, 0) is 42.7 Å². The number of rotatable bonds is 7. The van der Waals surface area contributed by atoms with Crippen molar-refractivity contribution in [2.45, 2.75) is 32.0 Å².